The van der Waals surface area contributed by atoms with Crippen molar-refractivity contribution in [3.63, 3.8) is 0 Å². The third kappa shape index (κ3) is 3.86. The monoisotopic (exact) mass is 315 g/mol. The minimum absolute atomic E-state index is 0.320. The number of benzene rings is 1. The number of nitrogens with zero attached hydrogens (tertiary/aromatic N) is 2. The number of aliphatic imine (C=N–C) groups is 1. The summed E-state index contributed by atoms with van der Waals surface area (Å²) in [5.74, 6) is 1.04. The molecule has 1 saturated heterocycles. The van der Waals surface area contributed by atoms with Crippen molar-refractivity contribution >= 4 is 5.96 Å². The van der Waals surface area contributed by atoms with E-state index in [4.69, 9.17) is 4.74 Å². The summed E-state index contributed by atoms with van der Waals surface area (Å²) in [6.45, 7) is 5.93. The zero-order chi connectivity index (χ0) is 16.1. The first-order chi connectivity index (χ1) is 11.3. The molecule has 0 bridgehead atoms. The quantitative estimate of drug-likeness (QED) is 0.670. The fraction of sp³-hybridized carbons (Fsp3) is 0.632. The summed E-state index contributed by atoms with van der Waals surface area (Å²) in [4.78, 5) is 6.87. The molecule has 1 saturated carbocycles. The van der Waals surface area contributed by atoms with Gasteiger partial charge in [0.15, 0.2) is 5.96 Å². The van der Waals surface area contributed by atoms with Gasteiger partial charge in [-0.3, -0.25) is 4.99 Å². The number of guanidine groups is 1. The van der Waals surface area contributed by atoms with E-state index >= 15 is 0 Å². The molecule has 126 valence electrons. The van der Waals surface area contributed by atoms with Crippen LogP contribution >= 0.6 is 0 Å². The second kappa shape index (κ2) is 7.35. The van der Waals surface area contributed by atoms with Gasteiger partial charge in [0.2, 0.25) is 0 Å². The highest BCUT2D eigenvalue weighted by Crippen LogP contribution is 2.47. The van der Waals surface area contributed by atoms with Crippen LogP contribution in [0.25, 0.3) is 0 Å². The van der Waals surface area contributed by atoms with E-state index in [1.165, 1.54) is 18.4 Å². The predicted molar refractivity (Wildman–Crippen MR) is 94.9 cm³/mol. The van der Waals surface area contributed by atoms with Gasteiger partial charge in [-0.2, -0.15) is 0 Å². The Hall–Kier alpha value is -1.55. The van der Waals surface area contributed by atoms with Crippen molar-refractivity contribution < 1.29 is 4.74 Å². The molecule has 0 atom stereocenters. The van der Waals surface area contributed by atoms with Gasteiger partial charge in [0.25, 0.3) is 0 Å². The van der Waals surface area contributed by atoms with Gasteiger partial charge in [-0.25, -0.2) is 0 Å². The number of likely N-dealkylation sites (tertiary alicyclic amines) is 1. The summed E-state index contributed by atoms with van der Waals surface area (Å²) in [6.07, 6.45) is 5.16. The molecule has 0 spiro atoms. The Kier molecular flexibility index (Phi) is 5.21. The van der Waals surface area contributed by atoms with Crippen molar-refractivity contribution in [3.05, 3.63) is 35.9 Å². The Labute approximate surface area is 139 Å². The van der Waals surface area contributed by atoms with Crippen molar-refractivity contribution in [3.8, 4) is 0 Å². The molecule has 2 aliphatic rings. The van der Waals surface area contributed by atoms with Crippen LogP contribution in [-0.2, 0) is 10.2 Å². The molecule has 0 amide bonds. The minimum atomic E-state index is 0.320. The molecule has 1 N–H and O–H groups in total. The first-order valence-electron chi connectivity index (χ1n) is 8.90. The van der Waals surface area contributed by atoms with E-state index in [0.717, 1.165) is 45.0 Å². The van der Waals surface area contributed by atoms with E-state index in [9.17, 15) is 0 Å². The lowest BCUT2D eigenvalue weighted by molar-refractivity contribution is 0.0263. The van der Waals surface area contributed by atoms with Crippen LogP contribution in [0, 0.1) is 0 Å². The zero-order valence-electron chi connectivity index (χ0n) is 14.4. The third-order valence-corrected chi connectivity index (χ3v) is 5.18. The molecule has 3 rings (SSSR count). The van der Waals surface area contributed by atoms with Crippen LogP contribution in [0.4, 0.5) is 0 Å². The molecular formula is C19H29N3O. The van der Waals surface area contributed by atoms with Gasteiger partial charge in [0.1, 0.15) is 0 Å². The van der Waals surface area contributed by atoms with Gasteiger partial charge in [0, 0.05) is 38.7 Å². The van der Waals surface area contributed by atoms with Crippen molar-refractivity contribution in [2.24, 2.45) is 4.99 Å². The Morgan fingerprint density at radius 1 is 1.26 bits per heavy atom. The van der Waals surface area contributed by atoms with E-state index in [-0.39, 0.29) is 0 Å². The van der Waals surface area contributed by atoms with E-state index < -0.39 is 0 Å². The van der Waals surface area contributed by atoms with Crippen molar-refractivity contribution in [1.29, 1.82) is 0 Å². The summed E-state index contributed by atoms with van der Waals surface area (Å²) in [7, 11) is 1.89. The van der Waals surface area contributed by atoms with Gasteiger partial charge < -0.3 is 15.0 Å². The zero-order valence-corrected chi connectivity index (χ0v) is 14.4. The number of nitrogens with one attached hydrogen (secondary N) is 1. The van der Waals surface area contributed by atoms with Crippen LogP contribution in [0.2, 0.25) is 0 Å². The molecule has 1 aliphatic carbocycles. The number of ether oxygens (including phenoxy) is 1. The van der Waals surface area contributed by atoms with Gasteiger partial charge >= 0.3 is 0 Å². The minimum Gasteiger partial charge on any atom is -0.378 e. The topological polar surface area (TPSA) is 36.9 Å². The van der Waals surface area contributed by atoms with Crippen molar-refractivity contribution in [2.75, 3.05) is 33.3 Å². The molecule has 0 unspecified atom stereocenters. The number of hydrogen-bond donors (Lipinski definition) is 1. The van der Waals surface area contributed by atoms with Crippen LogP contribution in [0.3, 0.4) is 0 Å². The standard InChI is InChI=1S/C19H29N3O/c1-3-23-17-9-13-22(14-10-17)18(20-2)21-15-19(11-12-19)16-7-5-4-6-8-16/h4-8,17H,3,9-15H2,1-2H3,(H,20,21). The van der Waals surface area contributed by atoms with E-state index in [0.29, 0.717) is 11.5 Å². The summed E-state index contributed by atoms with van der Waals surface area (Å²) < 4.78 is 5.74. The van der Waals surface area contributed by atoms with Gasteiger partial charge in [-0.1, -0.05) is 30.3 Å². The third-order valence-electron chi connectivity index (χ3n) is 5.18. The fourth-order valence-electron chi connectivity index (χ4n) is 3.56. The van der Waals surface area contributed by atoms with Crippen LogP contribution in [0.5, 0.6) is 0 Å². The SMILES string of the molecule is CCOC1CCN(C(=NC)NCC2(c3ccccc3)CC2)CC1. The molecule has 4 nitrogen and oxygen atoms in total. The summed E-state index contributed by atoms with van der Waals surface area (Å²) in [5.41, 5.74) is 1.78. The Morgan fingerprint density at radius 3 is 2.52 bits per heavy atom. The molecule has 0 radical (unpaired) electrons. The second-order valence-electron chi connectivity index (χ2n) is 6.69. The number of piperidine rings is 1. The average molecular weight is 315 g/mol. The molecule has 2 fully saturated rings. The largest absolute Gasteiger partial charge is 0.378 e. The van der Waals surface area contributed by atoms with E-state index in [2.05, 4.69) is 52.5 Å². The van der Waals surface area contributed by atoms with Crippen molar-refractivity contribution in [2.45, 2.75) is 44.1 Å². The smallest absolute Gasteiger partial charge is 0.193 e. The summed E-state index contributed by atoms with van der Waals surface area (Å²) in [6, 6.07) is 10.9. The van der Waals surface area contributed by atoms with Crippen LogP contribution in [0.1, 0.15) is 38.2 Å². The maximum Gasteiger partial charge on any atom is 0.193 e. The summed E-state index contributed by atoms with van der Waals surface area (Å²) in [5, 5.41) is 3.62. The van der Waals surface area contributed by atoms with Gasteiger partial charge in [-0.15, -0.1) is 0 Å². The lowest BCUT2D eigenvalue weighted by Gasteiger charge is -2.34. The fourth-order valence-corrected chi connectivity index (χ4v) is 3.56. The average Bonchev–Trinajstić information content (AvgIpc) is 3.39. The Bertz CT molecular complexity index is 517. The highest BCUT2D eigenvalue weighted by molar-refractivity contribution is 5.80. The van der Waals surface area contributed by atoms with Crippen LogP contribution < -0.4 is 5.32 Å². The second-order valence-corrected chi connectivity index (χ2v) is 6.69. The van der Waals surface area contributed by atoms with E-state index in [1.807, 2.05) is 7.05 Å². The van der Waals surface area contributed by atoms with Crippen LogP contribution in [-0.4, -0.2) is 50.3 Å². The molecule has 1 aromatic rings. The van der Waals surface area contributed by atoms with Crippen molar-refractivity contribution in [1.82, 2.24) is 10.2 Å². The van der Waals surface area contributed by atoms with Gasteiger partial charge in [0.05, 0.1) is 6.10 Å². The maximum atomic E-state index is 5.74. The Morgan fingerprint density at radius 2 is 1.96 bits per heavy atom. The normalized spacial score (nSPS) is 21.3. The Balaban J connectivity index is 1.53. The number of hydrogen-bond acceptors (Lipinski definition) is 2. The van der Waals surface area contributed by atoms with Crippen LogP contribution in [0.15, 0.2) is 35.3 Å². The molecule has 0 aromatic heterocycles. The summed E-state index contributed by atoms with van der Waals surface area (Å²) >= 11 is 0. The molecule has 4 heteroatoms. The lowest BCUT2D eigenvalue weighted by atomic mass is 9.96. The molecular weight excluding hydrogens is 286 g/mol. The van der Waals surface area contributed by atoms with E-state index in [1.54, 1.807) is 0 Å². The lowest BCUT2D eigenvalue weighted by Crippen LogP contribution is -2.48. The highest BCUT2D eigenvalue weighted by atomic mass is 16.5. The molecule has 1 aliphatic heterocycles. The number of rotatable bonds is 5. The maximum absolute atomic E-state index is 5.74. The first-order valence-corrected chi connectivity index (χ1v) is 8.90. The highest BCUT2D eigenvalue weighted by Gasteiger charge is 2.44. The predicted octanol–water partition coefficient (Wildman–Crippen LogP) is 2.79. The molecule has 23 heavy (non-hydrogen) atoms. The van der Waals surface area contributed by atoms with Gasteiger partial charge in [-0.05, 0) is 38.2 Å². The molecule has 1 heterocycles. The molecule has 1 aromatic carbocycles. The first kappa shape index (κ1) is 16.3.